The van der Waals surface area contributed by atoms with Crippen molar-refractivity contribution in [2.75, 3.05) is 5.32 Å². The topological polar surface area (TPSA) is 75.3 Å². The van der Waals surface area contributed by atoms with Crippen LogP contribution in [0.25, 0.3) is 0 Å². The third kappa shape index (κ3) is 4.53. The summed E-state index contributed by atoms with van der Waals surface area (Å²) in [6.07, 6.45) is 1.06. The lowest BCUT2D eigenvalue weighted by Gasteiger charge is -2.18. The fourth-order valence-electron chi connectivity index (χ4n) is 2.31. The van der Waals surface area contributed by atoms with E-state index in [9.17, 15) is 9.90 Å². The normalized spacial score (nSPS) is 11.9. The Labute approximate surface area is 124 Å². The van der Waals surface area contributed by atoms with E-state index in [1.807, 2.05) is 36.4 Å². The molecule has 0 aliphatic rings. The fourth-order valence-corrected chi connectivity index (χ4v) is 2.31. The number of benzene rings is 2. The van der Waals surface area contributed by atoms with Crippen LogP contribution in [0.2, 0.25) is 0 Å². The number of primary amides is 1. The van der Waals surface area contributed by atoms with Crippen molar-refractivity contribution in [2.24, 2.45) is 5.73 Å². The molecule has 0 aliphatic heterocycles. The van der Waals surface area contributed by atoms with Gasteiger partial charge in [0.25, 0.3) is 0 Å². The first kappa shape index (κ1) is 14.9. The van der Waals surface area contributed by atoms with Crippen LogP contribution >= 0.6 is 0 Å². The molecule has 0 aliphatic carbocycles. The van der Waals surface area contributed by atoms with Gasteiger partial charge in [0.1, 0.15) is 5.75 Å². The zero-order valence-electron chi connectivity index (χ0n) is 12.0. The molecule has 1 atom stereocenters. The van der Waals surface area contributed by atoms with Crippen LogP contribution in [0.15, 0.2) is 48.5 Å². The van der Waals surface area contributed by atoms with Gasteiger partial charge in [0.15, 0.2) is 0 Å². The molecule has 2 aromatic carbocycles. The number of carbonyl (C=O) groups is 1. The molecular formula is C17H20N2O2. The van der Waals surface area contributed by atoms with Gasteiger partial charge in [-0.3, -0.25) is 4.79 Å². The van der Waals surface area contributed by atoms with E-state index < -0.39 is 0 Å². The maximum atomic E-state index is 11.1. The van der Waals surface area contributed by atoms with Crippen LogP contribution < -0.4 is 11.1 Å². The van der Waals surface area contributed by atoms with E-state index in [0.29, 0.717) is 0 Å². The Morgan fingerprint density at radius 2 is 1.86 bits per heavy atom. The number of nitrogens with two attached hydrogens (primary N) is 1. The lowest BCUT2D eigenvalue weighted by molar-refractivity contribution is -0.117. The van der Waals surface area contributed by atoms with Crippen LogP contribution in [0, 0.1) is 0 Å². The molecule has 4 nitrogen and oxygen atoms in total. The second-order valence-corrected chi connectivity index (χ2v) is 5.22. The van der Waals surface area contributed by atoms with E-state index in [4.69, 9.17) is 5.73 Å². The molecule has 0 spiro atoms. The molecule has 0 saturated heterocycles. The van der Waals surface area contributed by atoms with Crippen molar-refractivity contribution in [1.29, 1.82) is 0 Å². The summed E-state index contributed by atoms with van der Waals surface area (Å²) in [7, 11) is 0. The second kappa shape index (κ2) is 6.79. The molecule has 4 heteroatoms. The Kier molecular flexibility index (Phi) is 4.82. The predicted octanol–water partition coefficient (Wildman–Crippen LogP) is 2.46. The number of aromatic hydroxyl groups is 1. The molecule has 0 radical (unpaired) electrons. The summed E-state index contributed by atoms with van der Waals surface area (Å²) in [5, 5.41) is 12.7. The number of anilines is 1. The predicted molar refractivity (Wildman–Crippen MR) is 84.2 cm³/mol. The van der Waals surface area contributed by atoms with Crippen molar-refractivity contribution >= 4 is 11.6 Å². The Balaban J connectivity index is 2.03. The molecule has 4 N–H and O–H groups in total. The van der Waals surface area contributed by atoms with Gasteiger partial charge in [-0.05, 0) is 42.7 Å². The minimum atomic E-state index is -0.338. The zero-order chi connectivity index (χ0) is 15.2. The summed E-state index contributed by atoms with van der Waals surface area (Å²) in [5.74, 6) is -0.0680. The first-order valence-electron chi connectivity index (χ1n) is 6.95. The molecule has 1 unspecified atom stereocenters. The van der Waals surface area contributed by atoms with Gasteiger partial charge in [-0.15, -0.1) is 0 Å². The molecule has 1 amide bonds. The summed E-state index contributed by atoms with van der Waals surface area (Å²) in [6.45, 7) is 2.08. The Hall–Kier alpha value is -2.49. The molecule has 0 fully saturated rings. The number of rotatable bonds is 6. The van der Waals surface area contributed by atoms with Crippen LogP contribution in [-0.2, 0) is 17.6 Å². The van der Waals surface area contributed by atoms with E-state index in [-0.39, 0.29) is 24.1 Å². The maximum Gasteiger partial charge on any atom is 0.221 e. The highest BCUT2D eigenvalue weighted by molar-refractivity contribution is 5.78. The van der Waals surface area contributed by atoms with Crippen LogP contribution in [0.3, 0.4) is 0 Å². The van der Waals surface area contributed by atoms with Gasteiger partial charge in [-0.2, -0.15) is 0 Å². The van der Waals surface area contributed by atoms with Crippen LogP contribution in [0.1, 0.15) is 18.1 Å². The number of phenols is 1. The Morgan fingerprint density at radius 1 is 1.19 bits per heavy atom. The molecular weight excluding hydrogens is 264 g/mol. The lowest BCUT2D eigenvalue weighted by atomic mass is 10.0. The van der Waals surface area contributed by atoms with Gasteiger partial charge in [0.05, 0.1) is 6.42 Å². The third-order valence-electron chi connectivity index (χ3n) is 3.26. The van der Waals surface area contributed by atoms with Gasteiger partial charge in [-0.25, -0.2) is 0 Å². The number of hydrogen-bond acceptors (Lipinski definition) is 3. The quantitative estimate of drug-likeness (QED) is 0.762. The lowest BCUT2D eigenvalue weighted by Crippen LogP contribution is -2.20. The average molecular weight is 284 g/mol. The molecule has 2 rings (SSSR count). The van der Waals surface area contributed by atoms with Gasteiger partial charge in [-0.1, -0.05) is 30.3 Å². The van der Waals surface area contributed by atoms with Crippen LogP contribution in [0.5, 0.6) is 5.75 Å². The van der Waals surface area contributed by atoms with E-state index in [0.717, 1.165) is 23.2 Å². The second-order valence-electron chi connectivity index (χ2n) is 5.22. The maximum absolute atomic E-state index is 11.1. The van der Waals surface area contributed by atoms with E-state index in [1.165, 1.54) is 0 Å². The highest BCUT2D eigenvalue weighted by Crippen LogP contribution is 2.18. The van der Waals surface area contributed by atoms with E-state index >= 15 is 0 Å². The minimum Gasteiger partial charge on any atom is -0.508 e. The highest BCUT2D eigenvalue weighted by Gasteiger charge is 2.08. The van der Waals surface area contributed by atoms with E-state index in [1.54, 1.807) is 12.1 Å². The largest absolute Gasteiger partial charge is 0.508 e. The smallest absolute Gasteiger partial charge is 0.221 e. The summed E-state index contributed by atoms with van der Waals surface area (Å²) >= 11 is 0. The van der Waals surface area contributed by atoms with Gasteiger partial charge in [0, 0.05) is 11.7 Å². The zero-order valence-corrected chi connectivity index (χ0v) is 12.0. The molecule has 0 saturated carbocycles. The van der Waals surface area contributed by atoms with Crippen LogP contribution in [-0.4, -0.2) is 17.1 Å². The molecule has 0 heterocycles. The molecule has 2 aromatic rings. The Bertz CT molecular complexity index is 608. The number of para-hydroxylation sites is 1. The summed E-state index contributed by atoms with van der Waals surface area (Å²) in [6, 6.07) is 15.1. The third-order valence-corrected chi connectivity index (χ3v) is 3.26. The Morgan fingerprint density at radius 3 is 2.52 bits per heavy atom. The fraction of sp³-hybridized carbons (Fsp3) is 0.235. The van der Waals surface area contributed by atoms with Gasteiger partial charge >= 0.3 is 0 Å². The SMILES string of the molecule is CC(Cc1ccc(O)cc1)Nc1ccccc1CC(N)=O. The standard InChI is InChI=1S/C17H20N2O2/c1-12(10-13-6-8-15(20)9-7-13)19-16-5-3-2-4-14(16)11-17(18)21/h2-9,12,19-20H,10-11H2,1H3,(H2,18,21). The van der Waals surface area contributed by atoms with Crippen molar-refractivity contribution in [3.8, 4) is 5.75 Å². The van der Waals surface area contributed by atoms with Crippen LogP contribution in [0.4, 0.5) is 5.69 Å². The number of phenolic OH excluding ortho intramolecular Hbond substituents is 1. The number of amides is 1. The number of nitrogens with one attached hydrogen (secondary N) is 1. The molecule has 0 aromatic heterocycles. The summed E-state index contributed by atoms with van der Waals surface area (Å²) in [4.78, 5) is 11.1. The minimum absolute atomic E-state index is 0.198. The van der Waals surface area contributed by atoms with Crippen molar-refractivity contribution in [3.05, 3.63) is 59.7 Å². The van der Waals surface area contributed by atoms with Gasteiger partial charge in [0.2, 0.25) is 5.91 Å². The average Bonchev–Trinajstić information content (AvgIpc) is 2.43. The molecule has 0 bridgehead atoms. The molecule has 21 heavy (non-hydrogen) atoms. The van der Waals surface area contributed by atoms with Crippen molar-refractivity contribution in [1.82, 2.24) is 0 Å². The molecule has 110 valence electrons. The summed E-state index contributed by atoms with van der Waals surface area (Å²) in [5.41, 5.74) is 8.25. The van der Waals surface area contributed by atoms with E-state index in [2.05, 4.69) is 12.2 Å². The van der Waals surface area contributed by atoms with Crippen molar-refractivity contribution < 1.29 is 9.90 Å². The number of carbonyl (C=O) groups excluding carboxylic acids is 1. The highest BCUT2D eigenvalue weighted by atomic mass is 16.3. The summed E-state index contributed by atoms with van der Waals surface area (Å²) < 4.78 is 0. The number of hydrogen-bond donors (Lipinski definition) is 3. The monoisotopic (exact) mass is 284 g/mol. The van der Waals surface area contributed by atoms with Crippen molar-refractivity contribution in [2.45, 2.75) is 25.8 Å². The first-order chi connectivity index (χ1) is 10.0. The van der Waals surface area contributed by atoms with Crippen molar-refractivity contribution in [3.63, 3.8) is 0 Å². The first-order valence-corrected chi connectivity index (χ1v) is 6.95. The van der Waals surface area contributed by atoms with Gasteiger partial charge < -0.3 is 16.2 Å².